The first kappa shape index (κ1) is 9.55. The summed E-state index contributed by atoms with van der Waals surface area (Å²) < 4.78 is 5.35. The van der Waals surface area contributed by atoms with Gasteiger partial charge in [0.25, 0.3) is 0 Å². The van der Waals surface area contributed by atoms with Gasteiger partial charge >= 0.3 is 0 Å². The van der Waals surface area contributed by atoms with E-state index < -0.39 is 0 Å². The molecule has 1 heterocycles. The zero-order valence-electron chi connectivity index (χ0n) is 7.84. The Labute approximate surface area is 73.6 Å². The van der Waals surface area contributed by atoms with Crippen LogP contribution in [0, 0.1) is 0 Å². The van der Waals surface area contributed by atoms with Gasteiger partial charge in [0.1, 0.15) is 12.4 Å². The van der Waals surface area contributed by atoms with Crippen molar-refractivity contribution in [2.45, 2.75) is 19.4 Å². The second-order valence-corrected chi connectivity index (χ2v) is 3.54. The van der Waals surface area contributed by atoms with E-state index in [1.807, 2.05) is 0 Å². The van der Waals surface area contributed by atoms with Crippen LogP contribution in [0.4, 0.5) is 0 Å². The summed E-state index contributed by atoms with van der Waals surface area (Å²) in [4.78, 5) is 2.18. The number of nitrogens with zero attached hydrogens (tertiary/aromatic N) is 1. The van der Waals surface area contributed by atoms with Gasteiger partial charge in [-0.25, -0.2) is 0 Å². The fourth-order valence-electron chi connectivity index (χ4n) is 1.42. The van der Waals surface area contributed by atoms with Crippen LogP contribution < -0.4 is 0 Å². The van der Waals surface area contributed by atoms with Crippen LogP contribution in [-0.4, -0.2) is 41.8 Å². The lowest BCUT2D eigenvalue weighted by Gasteiger charge is -2.43. The molecule has 0 aromatic rings. The molecule has 1 aliphatic rings. The second kappa shape index (κ2) is 3.46. The Morgan fingerprint density at radius 2 is 2.33 bits per heavy atom. The lowest BCUT2D eigenvalue weighted by Crippen LogP contribution is -2.52. The monoisotopic (exact) mass is 171 g/mol. The quantitative estimate of drug-likeness (QED) is 0.660. The van der Waals surface area contributed by atoms with Crippen molar-refractivity contribution < 1.29 is 9.84 Å². The molecule has 0 unspecified atom stereocenters. The first-order chi connectivity index (χ1) is 5.59. The van der Waals surface area contributed by atoms with Gasteiger partial charge in [-0.15, -0.1) is 0 Å². The molecule has 70 valence electrons. The molecule has 1 fully saturated rings. The van der Waals surface area contributed by atoms with Crippen LogP contribution in [0.25, 0.3) is 0 Å². The minimum atomic E-state index is -0.138. The maximum absolute atomic E-state index is 8.82. The highest BCUT2D eigenvalue weighted by molar-refractivity contribution is 5.08. The van der Waals surface area contributed by atoms with Crippen molar-refractivity contribution in [1.82, 2.24) is 4.90 Å². The smallest absolute Gasteiger partial charge is 0.109 e. The van der Waals surface area contributed by atoms with Crippen molar-refractivity contribution in [3.05, 3.63) is 12.3 Å². The summed E-state index contributed by atoms with van der Waals surface area (Å²) in [5.41, 5.74) is -0.138. The zero-order valence-corrected chi connectivity index (χ0v) is 7.84. The number of hydrogen-bond acceptors (Lipinski definition) is 3. The molecule has 0 atom stereocenters. The number of aliphatic hydroxyl groups is 1. The maximum atomic E-state index is 8.82. The SMILES string of the molecule is C=C1OCCN(CCO)C1(C)C. The van der Waals surface area contributed by atoms with Crippen LogP contribution in [-0.2, 0) is 4.74 Å². The predicted octanol–water partition coefficient (Wildman–Crippen LogP) is 0.603. The number of β-amino-alcohol motifs (C(OH)–C–C–N with tert-alkyl or cyclic N) is 1. The van der Waals surface area contributed by atoms with E-state index >= 15 is 0 Å². The Balaban J connectivity index is 2.65. The highest BCUT2D eigenvalue weighted by Crippen LogP contribution is 2.26. The van der Waals surface area contributed by atoms with E-state index in [4.69, 9.17) is 9.84 Å². The summed E-state index contributed by atoms with van der Waals surface area (Å²) in [6.45, 7) is 10.4. The molecule has 3 nitrogen and oxygen atoms in total. The van der Waals surface area contributed by atoms with Crippen molar-refractivity contribution in [3.8, 4) is 0 Å². The number of aliphatic hydroxyl groups excluding tert-OH is 1. The summed E-state index contributed by atoms with van der Waals surface area (Å²) in [6.07, 6.45) is 0. The minimum absolute atomic E-state index is 0.138. The summed E-state index contributed by atoms with van der Waals surface area (Å²) >= 11 is 0. The highest BCUT2D eigenvalue weighted by atomic mass is 16.5. The first-order valence-electron chi connectivity index (χ1n) is 4.27. The van der Waals surface area contributed by atoms with Crippen molar-refractivity contribution in [1.29, 1.82) is 0 Å². The Hall–Kier alpha value is -0.540. The summed E-state index contributed by atoms with van der Waals surface area (Å²) in [5.74, 6) is 0.794. The third-order valence-electron chi connectivity index (χ3n) is 2.48. The number of ether oxygens (including phenoxy) is 1. The molecule has 0 amide bonds. The largest absolute Gasteiger partial charge is 0.495 e. The molecular formula is C9H17NO2. The molecule has 3 heteroatoms. The fraction of sp³-hybridized carbons (Fsp3) is 0.778. The van der Waals surface area contributed by atoms with Gasteiger partial charge < -0.3 is 9.84 Å². The third kappa shape index (κ3) is 1.62. The van der Waals surface area contributed by atoms with Gasteiger partial charge in [0.05, 0.1) is 12.1 Å². The second-order valence-electron chi connectivity index (χ2n) is 3.54. The van der Waals surface area contributed by atoms with Gasteiger partial charge in [-0.2, -0.15) is 0 Å². The van der Waals surface area contributed by atoms with Gasteiger partial charge in [0.15, 0.2) is 0 Å². The summed E-state index contributed by atoms with van der Waals surface area (Å²) in [7, 11) is 0. The molecule has 0 aromatic heterocycles. The lowest BCUT2D eigenvalue weighted by atomic mass is 9.99. The zero-order chi connectivity index (χ0) is 9.19. The van der Waals surface area contributed by atoms with Gasteiger partial charge in [-0.1, -0.05) is 6.58 Å². The molecule has 1 aliphatic heterocycles. The standard InChI is InChI=1S/C9H17NO2/c1-8-9(2,3)10(4-6-11)5-7-12-8/h11H,1,4-7H2,2-3H3. The van der Waals surface area contributed by atoms with Crippen LogP contribution >= 0.6 is 0 Å². The van der Waals surface area contributed by atoms with Crippen LogP contribution in [0.1, 0.15) is 13.8 Å². The minimum Gasteiger partial charge on any atom is -0.495 e. The van der Waals surface area contributed by atoms with Gasteiger partial charge in [-0.3, -0.25) is 4.90 Å². The molecule has 0 aromatic carbocycles. The molecule has 0 spiro atoms. The van der Waals surface area contributed by atoms with Crippen LogP contribution in [0.2, 0.25) is 0 Å². The predicted molar refractivity (Wildman–Crippen MR) is 47.8 cm³/mol. The Bertz CT molecular complexity index is 175. The van der Waals surface area contributed by atoms with Crippen molar-refractivity contribution >= 4 is 0 Å². The molecule has 1 N–H and O–H groups in total. The molecule has 0 radical (unpaired) electrons. The normalized spacial score (nSPS) is 23.8. The average Bonchev–Trinajstić information content (AvgIpc) is 2.00. The van der Waals surface area contributed by atoms with E-state index in [9.17, 15) is 0 Å². The number of hydrogen-bond donors (Lipinski definition) is 1. The van der Waals surface area contributed by atoms with Crippen molar-refractivity contribution in [2.75, 3.05) is 26.3 Å². The Morgan fingerprint density at radius 1 is 1.67 bits per heavy atom. The van der Waals surface area contributed by atoms with Crippen LogP contribution in [0.5, 0.6) is 0 Å². The van der Waals surface area contributed by atoms with Gasteiger partial charge in [0.2, 0.25) is 0 Å². The van der Waals surface area contributed by atoms with Crippen LogP contribution in [0.15, 0.2) is 12.3 Å². The van der Waals surface area contributed by atoms with E-state index in [0.717, 1.165) is 12.3 Å². The van der Waals surface area contributed by atoms with Gasteiger partial charge in [0, 0.05) is 13.1 Å². The Morgan fingerprint density at radius 3 is 2.92 bits per heavy atom. The first-order valence-corrected chi connectivity index (χ1v) is 4.27. The summed E-state index contributed by atoms with van der Waals surface area (Å²) in [5, 5.41) is 8.82. The molecule has 1 rings (SSSR count). The highest BCUT2D eigenvalue weighted by Gasteiger charge is 2.33. The topological polar surface area (TPSA) is 32.7 Å². The molecule has 0 saturated carbocycles. The molecular weight excluding hydrogens is 154 g/mol. The summed E-state index contributed by atoms with van der Waals surface area (Å²) in [6, 6.07) is 0. The molecule has 1 saturated heterocycles. The molecule has 12 heavy (non-hydrogen) atoms. The average molecular weight is 171 g/mol. The van der Waals surface area contributed by atoms with E-state index in [1.54, 1.807) is 0 Å². The maximum Gasteiger partial charge on any atom is 0.109 e. The number of morpholine rings is 1. The lowest BCUT2D eigenvalue weighted by molar-refractivity contribution is -0.00301. The third-order valence-corrected chi connectivity index (χ3v) is 2.48. The van der Waals surface area contributed by atoms with Crippen molar-refractivity contribution in [2.24, 2.45) is 0 Å². The van der Waals surface area contributed by atoms with Crippen molar-refractivity contribution in [3.63, 3.8) is 0 Å². The molecule has 0 aliphatic carbocycles. The van der Waals surface area contributed by atoms with E-state index in [2.05, 4.69) is 25.3 Å². The van der Waals surface area contributed by atoms with Crippen LogP contribution in [0.3, 0.4) is 0 Å². The molecule has 0 bridgehead atoms. The van der Waals surface area contributed by atoms with E-state index in [1.165, 1.54) is 0 Å². The fourth-order valence-corrected chi connectivity index (χ4v) is 1.42. The Kier molecular flexibility index (Phi) is 2.75. The van der Waals surface area contributed by atoms with E-state index in [0.29, 0.717) is 13.2 Å². The van der Waals surface area contributed by atoms with E-state index in [-0.39, 0.29) is 12.1 Å². The number of rotatable bonds is 2. The van der Waals surface area contributed by atoms with Gasteiger partial charge in [-0.05, 0) is 13.8 Å².